The molecule has 8 heteroatoms. The lowest BCUT2D eigenvalue weighted by Gasteiger charge is -2.30. The van der Waals surface area contributed by atoms with E-state index in [1.54, 1.807) is 12.2 Å². The van der Waals surface area contributed by atoms with Crippen molar-refractivity contribution >= 4 is 31.5 Å². The van der Waals surface area contributed by atoms with E-state index in [1.165, 1.54) is 29.6 Å². The van der Waals surface area contributed by atoms with Crippen LogP contribution in [0.3, 0.4) is 0 Å². The molecular formula is C15H16ClNO4S2. The Balaban J connectivity index is 2.30. The molecule has 1 aliphatic heterocycles. The van der Waals surface area contributed by atoms with Crippen molar-refractivity contribution in [3.63, 3.8) is 0 Å². The summed E-state index contributed by atoms with van der Waals surface area (Å²) in [5.74, 6) is -0.216. The molecule has 1 heterocycles. The van der Waals surface area contributed by atoms with Crippen LogP contribution in [-0.4, -0.2) is 40.5 Å². The molecule has 3 unspecified atom stereocenters. The van der Waals surface area contributed by atoms with Gasteiger partial charge in [-0.15, -0.1) is 11.6 Å². The molecule has 0 spiro atoms. The highest BCUT2D eigenvalue weighted by atomic mass is 35.5. The topological polar surface area (TPSA) is 71.5 Å². The number of allylic oxidation sites excluding steroid dienone is 2. The van der Waals surface area contributed by atoms with Crippen molar-refractivity contribution in [3.05, 3.63) is 48.1 Å². The Hall–Kier alpha value is -1.15. The lowest BCUT2D eigenvalue weighted by molar-refractivity contribution is 0.352. The third kappa shape index (κ3) is 2.65. The summed E-state index contributed by atoms with van der Waals surface area (Å²) in [6.07, 6.45) is 8.35. The van der Waals surface area contributed by atoms with E-state index in [-0.39, 0.29) is 15.7 Å². The van der Waals surface area contributed by atoms with Gasteiger partial charge in [0.1, 0.15) is 0 Å². The Morgan fingerprint density at radius 1 is 1.17 bits per heavy atom. The van der Waals surface area contributed by atoms with Gasteiger partial charge in [0, 0.05) is 19.2 Å². The number of fused-ring (bicyclic) bond motifs is 2. The highest BCUT2D eigenvalue weighted by Gasteiger charge is 2.42. The summed E-state index contributed by atoms with van der Waals surface area (Å²) < 4.78 is 50.6. The molecule has 1 aromatic carbocycles. The number of halogens is 1. The molecule has 0 bridgehead atoms. The first-order valence-corrected chi connectivity index (χ1v) is 10.7. The number of sulfone groups is 1. The van der Waals surface area contributed by atoms with Crippen molar-refractivity contribution in [1.29, 1.82) is 0 Å². The number of nitrogens with zero attached hydrogens (tertiary/aromatic N) is 1. The molecule has 23 heavy (non-hydrogen) atoms. The standard InChI is InChI=1S/C15H16ClNO4S2/c1-17-13-6-4-3-5-11(13)15(16)12-8-7-10(22(2,18)19)9-14(12)23(17,20)21/h3-9,11,13,15H,1-2H3. The van der Waals surface area contributed by atoms with E-state index in [2.05, 4.69) is 0 Å². The summed E-state index contributed by atoms with van der Waals surface area (Å²) in [4.78, 5) is -0.0767. The van der Waals surface area contributed by atoms with Gasteiger partial charge in [-0.3, -0.25) is 0 Å². The highest BCUT2D eigenvalue weighted by Crippen LogP contribution is 2.44. The lowest BCUT2D eigenvalue weighted by atomic mass is 9.88. The van der Waals surface area contributed by atoms with Crippen LogP contribution in [0, 0.1) is 5.92 Å². The van der Waals surface area contributed by atoms with Gasteiger partial charge in [-0.2, -0.15) is 4.31 Å². The first kappa shape index (κ1) is 16.7. The minimum Gasteiger partial charge on any atom is -0.224 e. The van der Waals surface area contributed by atoms with E-state index in [4.69, 9.17) is 11.6 Å². The molecule has 0 N–H and O–H groups in total. The van der Waals surface area contributed by atoms with Crippen LogP contribution in [0.5, 0.6) is 0 Å². The number of likely N-dealkylation sites (N-methyl/N-ethyl adjacent to an activating group) is 1. The van der Waals surface area contributed by atoms with Crippen LogP contribution in [0.25, 0.3) is 0 Å². The Kier molecular flexibility index (Phi) is 3.95. The maximum Gasteiger partial charge on any atom is 0.243 e. The van der Waals surface area contributed by atoms with Gasteiger partial charge in [0.05, 0.1) is 21.2 Å². The smallest absolute Gasteiger partial charge is 0.224 e. The molecule has 0 amide bonds. The number of benzene rings is 1. The first-order valence-electron chi connectivity index (χ1n) is 6.95. The maximum atomic E-state index is 12.9. The summed E-state index contributed by atoms with van der Waals surface area (Å²) in [7, 11) is -5.87. The number of hydrogen-bond acceptors (Lipinski definition) is 4. The second-order valence-corrected chi connectivity index (χ2v) is 10.2. The highest BCUT2D eigenvalue weighted by molar-refractivity contribution is 7.91. The minimum absolute atomic E-state index is 0.0342. The van der Waals surface area contributed by atoms with E-state index < -0.39 is 31.3 Å². The zero-order valence-corrected chi connectivity index (χ0v) is 14.9. The Morgan fingerprint density at radius 3 is 2.48 bits per heavy atom. The fourth-order valence-electron chi connectivity index (χ4n) is 2.97. The number of hydrogen-bond donors (Lipinski definition) is 0. The Bertz CT molecular complexity index is 919. The van der Waals surface area contributed by atoms with Crippen molar-refractivity contribution in [2.45, 2.75) is 21.2 Å². The maximum absolute atomic E-state index is 12.9. The van der Waals surface area contributed by atoms with Crippen LogP contribution in [-0.2, 0) is 19.9 Å². The SMILES string of the molecule is CN1C2C=CC=CC2C(Cl)c2ccc(S(C)(=O)=O)cc2S1(=O)=O. The molecule has 3 rings (SSSR count). The molecule has 1 aromatic rings. The molecule has 124 valence electrons. The van der Waals surface area contributed by atoms with Gasteiger partial charge in [0.25, 0.3) is 0 Å². The summed E-state index contributed by atoms with van der Waals surface area (Å²) >= 11 is 6.56. The first-order chi connectivity index (χ1) is 10.6. The van der Waals surface area contributed by atoms with Crippen molar-refractivity contribution in [2.24, 2.45) is 5.92 Å². The average molecular weight is 374 g/mol. The molecule has 0 saturated carbocycles. The predicted molar refractivity (Wildman–Crippen MR) is 88.7 cm³/mol. The quantitative estimate of drug-likeness (QED) is 0.707. The third-order valence-electron chi connectivity index (χ3n) is 4.27. The predicted octanol–water partition coefficient (Wildman–Crippen LogP) is 2.11. The molecule has 0 saturated heterocycles. The number of alkyl halides is 1. The second kappa shape index (κ2) is 5.44. The molecule has 3 atom stereocenters. The Labute approximate surface area is 141 Å². The van der Waals surface area contributed by atoms with Crippen LogP contribution in [0.15, 0.2) is 52.3 Å². The van der Waals surface area contributed by atoms with Crippen LogP contribution in [0.2, 0.25) is 0 Å². The summed E-state index contributed by atoms with van der Waals surface area (Å²) in [6, 6.07) is 3.71. The lowest BCUT2D eigenvalue weighted by Crippen LogP contribution is -2.39. The van der Waals surface area contributed by atoms with Crippen LogP contribution >= 0.6 is 11.6 Å². The number of rotatable bonds is 1. The van der Waals surface area contributed by atoms with Gasteiger partial charge in [0.2, 0.25) is 10.0 Å². The number of sulfonamides is 1. The Morgan fingerprint density at radius 2 is 1.83 bits per heavy atom. The molecule has 0 radical (unpaired) electrons. The van der Waals surface area contributed by atoms with Gasteiger partial charge < -0.3 is 0 Å². The molecule has 1 aliphatic carbocycles. The van der Waals surface area contributed by atoms with E-state index in [1.807, 2.05) is 12.2 Å². The van der Waals surface area contributed by atoms with Crippen molar-refractivity contribution < 1.29 is 16.8 Å². The average Bonchev–Trinajstić information content (AvgIpc) is 2.56. The summed E-state index contributed by atoms with van der Waals surface area (Å²) in [6.45, 7) is 0. The molecule has 0 aromatic heterocycles. The molecular weight excluding hydrogens is 358 g/mol. The van der Waals surface area contributed by atoms with Gasteiger partial charge in [-0.25, -0.2) is 16.8 Å². The van der Waals surface area contributed by atoms with Crippen molar-refractivity contribution in [2.75, 3.05) is 13.3 Å². The molecule has 0 fully saturated rings. The fourth-order valence-corrected chi connectivity index (χ4v) is 5.79. The zero-order valence-electron chi connectivity index (χ0n) is 12.5. The fraction of sp³-hybridized carbons (Fsp3) is 0.333. The van der Waals surface area contributed by atoms with Crippen LogP contribution < -0.4 is 0 Å². The van der Waals surface area contributed by atoms with E-state index in [9.17, 15) is 16.8 Å². The summed E-state index contributed by atoms with van der Waals surface area (Å²) in [5.41, 5.74) is 0.429. The van der Waals surface area contributed by atoms with E-state index in [0.29, 0.717) is 5.56 Å². The van der Waals surface area contributed by atoms with Crippen molar-refractivity contribution in [3.8, 4) is 0 Å². The molecule has 2 aliphatic rings. The second-order valence-electron chi connectivity index (χ2n) is 5.73. The van der Waals surface area contributed by atoms with E-state index in [0.717, 1.165) is 6.26 Å². The normalized spacial score (nSPS) is 29.6. The monoisotopic (exact) mass is 373 g/mol. The van der Waals surface area contributed by atoms with Crippen LogP contribution in [0.4, 0.5) is 0 Å². The summed E-state index contributed by atoms with van der Waals surface area (Å²) in [5, 5.41) is -0.565. The van der Waals surface area contributed by atoms with Gasteiger partial charge in [0.15, 0.2) is 9.84 Å². The third-order valence-corrected chi connectivity index (χ3v) is 7.82. The largest absolute Gasteiger partial charge is 0.243 e. The van der Waals surface area contributed by atoms with E-state index >= 15 is 0 Å². The van der Waals surface area contributed by atoms with Gasteiger partial charge in [-0.1, -0.05) is 30.4 Å². The molecule has 5 nitrogen and oxygen atoms in total. The van der Waals surface area contributed by atoms with Crippen molar-refractivity contribution in [1.82, 2.24) is 4.31 Å². The van der Waals surface area contributed by atoms with Gasteiger partial charge in [-0.05, 0) is 17.7 Å². The van der Waals surface area contributed by atoms with Gasteiger partial charge >= 0.3 is 0 Å². The zero-order chi connectivity index (χ0) is 17.0. The minimum atomic E-state index is -3.84. The van der Waals surface area contributed by atoms with Crippen LogP contribution in [0.1, 0.15) is 10.9 Å².